The molecule has 0 unspecified atom stereocenters. The molecule has 2 aliphatic rings. The van der Waals surface area contributed by atoms with Crippen LogP contribution in [0.4, 0.5) is 0 Å². The Bertz CT molecular complexity index is 1280. The molecule has 1 amide bonds. The van der Waals surface area contributed by atoms with E-state index in [2.05, 4.69) is 25.0 Å². The number of nitrogens with zero attached hydrogens (tertiary/aromatic N) is 7. The maximum atomic E-state index is 13.5. The molecule has 1 aliphatic heterocycles. The van der Waals surface area contributed by atoms with Crippen LogP contribution < -0.4 is 0 Å². The van der Waals surface area contributed by atoms with Crippen LogP contribution in [0.1, 0.15) is 34.5 Å². The van der Waals surface area contributed by atoms with Gasteiger partial charge in [-0.25, -0.2) is 0 Å². The van der Waals surface area contributed by atoms with Crippen molar-refractivity contribution in [2.45, 2.75) is 32.4 Å². The molecule has 4 heterocycles. The summed E-state index contributed by atoms with van der Waals surface area (Å²) in [5.74, 6) is 1.47. The van der Waals surface area contributed by atoms with Gasteiger partial charge in [0.25, 0.3) is 5.91 Å². The largest absolute Gasteiger partial charge is 0.334 e. The zero-order chi connectivity index (χ0) is 21.7. The average Bonchev–Trinajstić information content (AvgIpc) is 3.20. The fourth-order valence-electron chi connectivity index (χ4n) is 4.54. The maximum absolute atomic E-state index is 13.5. The highest BCUT2D eigenvalue weighted by Crippen LogP contribution is 2.34. The summed E-state index contributed by atoms with van der Waals surface area (Å²) in [6, 6.07) is 9.82. The van der Waals surface area contributed by atoms with E-state index in [4.69, 9.17) is 5.10 Å². The predicted molar refractivity (Wildman–Crippen MR) is 117 cm³/mol. The lowest BCUT2D eigenvalue weighted by Crippen LogP contribution is -2.36. The molecule has 162 valence electrons. The molecule has 1 aliphatic carbocycles. The standard InChI is InChI=1S/C23H24N8O/c1-29-19-9-10-30(23(32)17-11-24-26-20(17)16-5-3-2-4-6-16)13-18(19)21(28-29)22-27-25-14-31(22)12-15-7-8-15/h2-6,11,14-15H,7-10,12-13H2,1H3,(H,24,26). The average molecular weight is 429 g/mol. The summed E-state index contributed by atoms with van der Waals surface area (Å²) in [6.45, 7) is 2.05. The summed E-state index contributed by atoms with van der Waals surface area (Å²) in [5.41, 5.74) is 5.32. The first kappa shape index (κ1) is 19.0. The van der Waals surface area contributed by atoms with Crippen LogP contribution in [0.25, 0.3) is 22.8 Å². The predicted octanol–water partition coefficient (Wildman–Crippen LogP) is 2.68. The van der Waals surface area contributed by atoms with Gasteiger partial charge in [0, 0.05) is 43.4 Å². The van der Waals surface area contributed by atoms with Gasteiger partial charge in [0.15, 0.2) is 5.82 Å². The number of nitrogens with one attached hydrogen (secondary N) is 1. The zero-order valence-electron chi connectivity index (χ0n) is 17.9. The van der Waals surface area contributed by atoms with Crippen molar-refractivity contribution in [3.05, 3.63) is 59.7 Å². The highest BCUT2D eigenvalue weighted by Gasteiger charge is 2.31. The summed E-state index contributed by atoms with van der Waals surface area (Å²) in [7, 11) is 1.96. The lowest BCUT2D eigenvalue weighted by Gasteiger charge is -2.27. The Hall–Kier alpha value is -3.75. The van der Waals surface area contributed by atoms with Crippen LogP contribution in [0.15, 0.2) is 42.9 Å². The smallest absolute Gasteiger partial charge is 0.258 e. The number of carbonyl (C=O) groups excluding carboxylic acids is 1. The lowest BCUT2D eigenvalue weighted by molar-refractivity contribution is 0.0734. The minimum absolute atomic E-state index is 0.0301. The van der Waals surface area contributed by atoms with Crippen molar-refractivity contribution < 1.29 is 4.79 Å². The monoisotopic (exact) mass is 428 g/mol. The molecular formula is C23H24N8O. The quantitative estimate of drug-likeness (QED) is 0.527. The van der Waals surface area contributed by atoms with Crippen LogP contribution in [-0.2, 0) is 26.6 Å². The van der Waals surface area contributed by atoms with Crippen LogP contribution in [-0.4, -0.2) is 52.1 Å². The maximum Gasteiger partial charge on any atom is 0.258 e. The zero-order valence-corrected chi connectivity index (χ0v) is 17.9. The second-order valence-electron chi connectivity index (χ2n) is 8.65. The number of H-pyrrole nitrogens is 1. The molecule has 1 aromatic carbocycles. The molecule has 0 atom stereocenters. The van der Waals surface area contributed by atoms with Gasteiger partial charge >= 0.3 is 0 Å². The number of aryl methyl sites for hydroxylation is 1. The lowest BCUT2D eigenvalue weighted by atomic mass is 10.0. The summed E-state index contributed by atoms with van der Waals surface area (Å²) >= 11 is 0. The fraction of sp³-hybridized carbons (Fsp3) is 0.348. The van der Waals surface area contributed by atoms with E-state index in [1.165, 1.54) is 12.8 Å². The van der Waals surface area contributed by atoms with Crippen molar-refractivity contribution in [2.75, 3.05) is 6.54 Å². The first-order chi connectivity index (χ1) is 15.7. The number of carbonyl (C=O) groups is 1. The van der Waals surface area contributed by atoms with Gasteiger partial charge in [-0.05, 0) is 18.8 Å². The molecular weight excluding hydrogens is 404 g/mol. The van der Waals surface area contributed by atoms with Crippen LogP contribution >= 0.6 is 0 Å². The van der Waals surface area contributed by atoms with Gasteiger partial charge in [0.1, 0.15) is 12.0 Å². The molecule has 6 rings (SSSR count). The summed E-state index contributed by atoms with van der Waals surface area (Å²) in [5, 5.41) is 20.5. The third-order valence-corrected chi connectivity index (χ3v) is 6.44. The number of hydrogen-bond acceptors (Lipinski definition) is 5. The third-order valence-electron chi connectivity index (χ3n) is 6.44. The minimum Gasteiger partial charge on any atom is -0.334 e. The van der Waals surface area contributed by atoms with Crippen molar-refractivity contribution in [3.8, 4) is 22.8 Å². The Balaban J connectivity index is 1.32. The molecule has 0 spiro atoms. The molecule has 9 nitrogen and oxygen atoms in total. The summed E-state index contributed by atoms with van der Waals surface area (Å²) in [6.07, 6.45) is 6.68. The van der Waals surface area contributed by atoms with Gasteiger partial charge in [0.2, 0.25) is 0 Å². The third kappa shape index (κ3) is 3.21. The minimum atomic E-state index is -0.0301. The molecule has 32 heavy (non-hydrogen) atoms. The molecule has 1 fully saturated rings. The molecule has 3 aromatic heterocycles. The van der Waals surface area contributed by atoms with E-state index in [1.54, 1.807) is 12.5 Å². The Morgan fingerprint density at radius 1 is 1.22 bits per heavy atom. The van der Waals surface area contributed by atoms with Crippen LogP contribution in [0.2, 0.25) is 0 Å². The van der Waals surface area contributed by atoms with E-state index in [-0.39, 0.29) is 5.91 Å². The number of hydrogen-bond donors (Lipinski definition) is 1. The molecule has 1 saturated carbocycles. The van der Waals surface area contributed by atoms with Gasteiger partial charge < -0.3 is 9.47 Å². The van der Waals surface area contributed by atoms with Crippen molar-refractivity contribution in [2.24, 2.45) is 13.0 Å². The van der Waals surface area contributed by atoms with Gasteiger partial charge in [-0.2, -0.15) is 10.2 Å². The Kier molecular flexibility index (Phi) is 4.41. The molecule has 1 N–H and O–H groups in total. The Labute approximate surface area is 185 Å². The summed E-state index contributed by atoms with van der Waals surface area (Å²) < 4.78 is 4.03. The Morgan fingerprint density at radius 3 is 2.88 bits per heavy atom. The Morgan fingerprint density at radius 2 is 2.06 bits per heavy atom. The van der Waals surface area contributed by atoms with E-state index in [9.17, 15) is 4.79 Å². The molecule has 0 bridgehead atoms. The van der Waals surface area contributed by atoms with E-state index in [1.807, 2.05) is 47.0 Å². The highest BCUT2D eigenvalue weighted by atomic mass is 16.2. The number of aromatic amines is 1. The van der Waals surface area contributed by atoms with Gasteiger partial charge in [-0.1, -0.05) is 30.3 Å². The van der Waals surface area contributed by atoms with E-state index >= 15 is 0 Å². The van der Waals surface area contributed by atoms with Gasteiger partial charge in [-0.15, -0.1) is 10.2 Å². The number of fused-ring (bicyclic) bond motifs is 1. The van der Waals surface area contributed by atoms with Gasteiger partial charge in [0.05, 0.1) is 24.0 Å². The molecule has 9 heteroatoms. The molecule has 4 aromatic rings. The fourth-order valence-corrected chi connectivity index (χ4v) is 4.54. The van der Waals surface area contributed by atoms with Crippen LogP contribution in [0.5, 0.6) is 0 Å². The second kappa shape index (κ2) is 7.44. The van der Waals surface area contributed by atoms with E-state index in [0.29, 0.717) is 24.6 Å². The highest BCUT2D eigenvalue weighted by molar-refractivity contribution is 5.99. The van der Waals surface area contributed by atoms with E-state index < -0.39 is 0 Å². The number of benzene rings is 1. The first-order valence-electron chi connectivity index (χ1n) is 11.0. The normalized spacial score (nSPS) is 15.7. The van der Waals surface area contributed by atoms with E-state index in [0.717, 1.165) is 47.0 Å². The topological polar surface area (TPSA) is 97.5 Å². The summed E-state index contributed by atoms with van der Waals surface area (Å²) in [4.78, 5) is 15.4. The van der Waals surface area contributed by atoms with Gasteiger partial charge in [-0.3, -0.25) is 14.6 Å². The molecule has 0 saturated heterocycles. The van der Waals surface area contributed by atoms with Crippen molar-refractivity contribution in [3.63, 3.8) is 0 Å². The van der Waals surface area contributed by atoms with Crippen molar-refractivity contribution >= 4 is 5.91 Å². The SMILES string of the molecule is Cn1nc(-c2nncn2CC2CC2)c2c1CCN(C(=O)c1cn[nH]c1-c1ccccc1)C2. The number of aromatic nitrogens is 7. The van der Waals surface area contributed by atoms with Crippen LogP contribution in [0, 0.1) is 5.92 Å². The first-order valence-corrected chi connectivity index (χ1v) is 11.0. The van der Waals surface area contributed by atoms with Crippen LogP contribution in [0.3, 0.4) is 0 Å². The number of amides is 1. The molecule has 0 radical (unpaired) electrons. The van der Waals surface area contributed by atoms with Crippen molar-refractivity contribution in [1.82, 2.24) is 39.6 Å². The van der Waals surface area contributed by atoms with Crippen molar-refractivity contribution in [1.29, 1.82) is 0 Å². The second-order valence-corrected chi connectivity index (χ2v) is 8.65. The number of rotatable bonds is 5.